The number of benzene rings is 1. The van der Waals surface area contributed by atoms with Crippen LogP contribution < -0.4 is 5.32 Å². The summed E-state index contributed by atoms with van der Waals surface area (Å²) in [6, 6.07) is 9.54. The van der Waals surface area contributed by atoms with Crippen LogP contribution in [0.3, 0.4) is 0 Å². The number of halogens is 1. The van der Waals surface area contributed by atoms with Crippen LogP contribution in [0, 0.1) is 6.92 Å². The zero-order valence-corrected chi connectivity index (χ0v) is 14.3. The van der Waals surface area contributed by atoms with E-state index in [4.69, 9.17) is 0 Å². The molecule has 2 heterocycles. The van der Waals surface area contributed by atoms with E-state index < -0.39 is 0 Å². The van der Waals surface area contributed by atoms with Gasteiger partial charge in [-0.15, -0.1) is 22.7 Å². The first-order valence-corrected chi connectivity index (χ1v) is 8.75. The first kappa shape index (κ1) is 14.4. The van der Waals surface area contributed by atoms with Crippen molar-refractivity contribution in [1.82, 2.24) is 4.98 Å². The summed E-state index contributed by atoms with van der Waals surface area (Å²) in [7, 11) is 0. The Balaban J connectivity index is 1.82. The highest BCUT2D eigenvalue weighted by atomic mass is 79.9. The molecule has 3 nitrogen and oxygen atoms in total. The predicted octanol–water partition coefficient (Wildman–Crippen LogP) is 5.19. The van der Waals surface area contributed by atoms with Gasteiger partial charge in [0, 0.05) is 22.0 Å². The van der Waals surface area contributed by atoms with Gasteiger partial charge < -0.3 is 5.32 Å². The minimum atomic E-state index is -0.108. The van der Waals surface area contributed by atoms with Gasteiger partial charge in [-0.05, 0) is 41.1 Å². The number of rotatable bonds is 3. The van der Waals surface area contributed by atoms with Gasteiger partial charge in [0.1, 0.15) is 0 Å². The van der Waals surface area contributed by atoms with Crippen LogP contribution >= 0.6 is 38.6 Å². The number of hydrogen-bond acceptors (Lipinski definition) is 4. The van der Waals surface area contributed by atoms with Crippen molar-refractivity contribution in [2.75, 3.05) is 5.32 Å². The Morgan fingerprint density at radius 2 is 2.10 bits per heavy atom. The summed E-state index contributed by atoms with van der Waals surface area (Å²) >= 11 is 6.47. The number of carbonyl (C=O) groups excluding carboxylic acids is 1. The predicted molar refractivity (Wildman–Crippen MR) is 92.3 cm³/mol. The Kier molecular flexibility index (Phi) is 4.19. The molecule has 0 atom stereocenters. The third kappa shape index (κ3) is 3.40. The fourth-order valence-electron chi connectivity index (χ4n) is 1.88. The highest BCUT2D eigenvalue weighted by molar-refractivity contribution is 9.11. The lowest BCUT2D eigenvalue weighted by atomic mass is 10.1. The Morgan fingerprint density at radius 3 is 2.76 bits per heavy atom. The van der Waals surface area contributed by atoms with Crippen molar-refractivity contribution >= 4 is 50.2 Å². The van der Waals surface area contributed by atoms with Gasteiger partial charge >= 0.3 is 0 Å². The van der Waals surface area contributed by atoms with Crippen LogP contribution in [0.4, 0.5) is 5.69 Å². The minimum Gasteiger partial charge on any atom is -0.322 e. The van der Waals surface area contributed by atoms with E-state index in [1.807, 2.05) is 48.0 Å². The summed E-state index contributed by atoms with van der Waals surface area (Å²) in [5, 5.41) is 7.79. The van der Waals surface area contributed by atoms with E-state index in [0.29, 0.717) is 5.56 Å². The Morgan fingerprint density at radius 1 is 1.24 bits per heavy atom. The third-order valence-electron chi connectivity index (χ3n) is 2.86. The second-order valence-corrected chi connectivity index (χ2v) is 7.78. The van der Waals surface area contributed by atoms with Gasteiger partial charge in [-0.3, -0.25) is 4.79 Å². The number of hydrogen-bond donors (Lipinski definition) is 1. The average molecular weight is 379 g/mol. The molecule has 0 radical (unpaired) electrons. The van der Waals surface area contributed by atoms with Crippen molar-refractivity contribution < 1.29 is 4.79 Å². The SMILES string of the molecule is Cc1nc(-c2cccc(NC(=O)c3csc(Br)c3)c2)cs1. The van der Waals surface area contributed by atoms with Gasteiger partial charge in [0.25, 0.3) is 5.91 Å². The lowest BCUT2D eigenvalue weighted by molar-refractivity contribution is 0.102. The molecule has 6 heteroatoms. The summed E-state index contributed by atoms with van der Waals surface area (Å²) in [6.07, 6.45) is 0. The van der Waals surface area contributed by atoms with Crippen LogP contribution in [0.1, 0.15) is 15.4 Å². The summed E-state index contributed by atoms with van der Waals surface area (Å²) in [5.41, 5.74) is 3.36. The summed E-state index contributed by atoms with van der Waals surface area (Å²) in [5.74, 6) is -0.108. The molecule has 3 rings (SSSR count). The van der Waals surface area contributed by atoms with Crippen LogP contribution in [-0.2, 0) is 0 Å². The molecule has 3 aromatic rings. The number of anilines is 1. The van der Waals surface area contributed by atoms with Crippen LogP contribution in [0.2, 0.25) is 0 Å². The fraction of sp³-hybridized carbons (Fsp3) is 0.0667. The molecular weight excluding hydrogens is 368 g/mol. The molecular formula is C15H11BrN2OS2. The van der Waals surface area contributed by atoms with Crippen LogP contribution in [0.5, 0.6) is 0 Å². The van der Waals surface area contributed by atoms with Crippen molar-refractivity contribution in [3.63, 3.8) is 0 Å². The molecule has 0 saturated carbocycles. The van der Waals surface area contributed by atoms with E-state index in [1.54, 1.807) is 11.3 Å². The van der Waals surface area contributed by atoms with Gasteiger partial charge in [-0.25, -0.2) is 4.98 Å². The van der Waals surface area contributed by atoms with E-state index in [-0.39, 0.29) is 5.91 Å². The third-order valence-corrected chi connectivity index (χ3v) is 5.14. The maximum Gasteiger partial charge on any atom is 0.256 e. The number of nitrogens with one attached hydrogen (secondary N) is 1. The van der Waals surface area contributed by atoms with Crippen LogP contribution in [0.15, 0.2) is 44.9 Å². The molecule has 0 fully saturated rings. The molecule has 2 aromatic heterocycles. The van der Waals surface area contributed by atoms with Crippen molar-refractivity contribution in [3.05, 3.63) is 55.4 Å². The molecule has 106 valence electrons. The van der Waals surface area contributed by atoms with Gasteiger partial charge in [0.2, 0.25) is 0 Å². The van der Waals surface area contributed by atoms with E-state index >= 15 is 0 Å². The second-order valence-electron chi connectivity index (χ2n) is 4.43. The molecule has 1 aromatic carbocycles. The topological polar surface area (TPSA) is 42.0 Å². The monoisotopic (exact) mass is 378 g/mol. The lowest BCUT2D eigenvalue weighted by Gasteiger charge is -2.05. The Labute approximate surface area is 138 Å². The minimum absolute atomic E-state index is 0.108. The first-order valence-electron chi connectivity index (χ1n) is 6.20. The number of aryl methyl sites for hydroxylation is 1. The Hall–Kier alpha value is -1.50. The number of aromatic nitrogens is 1. The lowest BCUT2D eigenvalue weighted by Crippen LogP contribution is -2.10. The zero-order valence-electron chi connectivity index (χ0n) is 11.1. The first-order chi connectivity index (χ1) is 10.1. The molecule has 1 N–H and O–H groups in total. The van der Waals surface area contributed by atoms with Crippen molar-refractivity contribution in [3.8, 4) is 11.3 Å². The zero-order chi connectivity index (χ0) is 14.8. The largest absolute Gasteiger partial charge is 0.322 e. The standard InChI is InChI=1S/C15H11BrN2OS2/c1-9-17-13(8-20-9)10-3-2-4-12(5-10)18-15(19)11-6-14(16)21-7-11/h2-8H,1H3,(H,18,19). The molecule has 1 amide bonds. The van der Waals surface area contributed by atoms with Crippen LogP contribution in [-0.4, -0.2) is 10.9 Å². The van der Waals surface area contributed by atoms with Crippen molar-refractivity contribution in [2.45, 2.75) is 6.92 Å². The molecule has 0 spiro atoms. The highest BCUT2D eigenvalue weighted by Gasteiger charge is 2.09. The summed E-state index contributed by atoms with van der Waals surface area (Å²) in [4.78, 5) is 16.6. The molecule has 0 aliphatic heterocycles. The number of thiophene rings is 1. The maximum absolute atomic E-state index is 12.1. The summed E-state index contributed by atoms with van der Waals surface area (Å²) in [6.45, 7) is 1.98. The van der Waals surface area contributed by atoms with E-state index in [9.17, 15) is 4.79 Å². The fourth-order valence-corrected chi connectivity index (χ4v) is 3.64. The van der Waals surface area contributed by atoms with Crippen molar-refractivity contribution in [2.24, 2.45) is 0 Å². The van der Waals surface area contributed by atoms with Gasteiger partial charge in [-0.1, -0.05) is 12.1 Å². The van der Waals surface area contributed by atoms with E-state index in [0.717, 1.165) is 25.7 Å². The highest BCUT2D eigenvalue weighted by Crippen LogP contribution is 2.25. The number of thiazole rings is 1. The van der Waals surface area contributed by atoms with Gasteiger partial charge in [-0.2, -0.15) is 0 Å². The normalized spacial score (nSPS) is 10.6. The number of amides is 1. The summed E-state index contributed by atoms with van der Waals surface area (Å²) < 4.78 is 0.944. The quantitative estimate of drug-likeness (QED) is 0.680. The molecule has 0 aliphatic carbocycles. The molecule has 0 saturated heterocycles. The van der Waals surface area contributed by atoms with Gasteiger partial charge in [0.15, 0.2) is 0 Å². The van der Waals surface area contributed by atoms with Crippen molar-refractivity contribution in [1.29, 1.82) is 0 Å². The van der Waals surface area contributed by atoms with E-state index in [2.05, 4.69) is 26.2 Å². The average Bonchev–Trinajstić information content (AvgIpc) is 3.08. The second kappa shape index (κ2) is 6.09. The smallest absolute Gasteiger partial charge is 0.256 e. The number of nitrogens with zero attached hydrogens (tertiary/aromatic N) is 1. The Bertz CT molecular complexity index is 794. The van der Waals surface area contributed by atoms with E-state index in [1.165, 1.54) is 11.3 Å². The molecule has 0 aliphatic rings. The molecule has 21 heavy (non-hydrogen) atoms. The van der Waals surface area contributed by atoms with Gasteiger partial charge in [0.05, 0.1) is 20.1 Å². The number of carbonyl (C=O) groups is 1. The molecule has 0 bridgehead atoms. The van der Waals surface area contributed by atoms with Crippen LogP contribution in [0.25, 0.3) is 11.3 Å². The maximum atomic E-state index is 12.1. The molecule has 0 unspecified atom stereocenters.